The second-order valence-electron chi connectivity index (χ2n) is 10.7. The third kappa shape index (κ3) is 3.30. The molecule has 0 radical (unpaired) electrons. The Kier molecular flexibility index (Phi) is 5.54. The van der Waals surface area contributed by atoms with Gasteiger partial charge in [-0.2, -0.15) is 0 Å². The molecule has 0 saturated heterocycles. The first-order chi connectivity index (χ1) is 14.2. The standard InChI is InChI=1S/C23H35N3O4/c1-13(27)29-16-11-15-5-6-17-18-7-8-21(30-14(2)28)22(18,3)10-9-19(17)23(15,4)20(12-16)25-26-24/h15-21H,5-12H2,1-4H3/t15-,16-,17-,18-,19-,20-,21-,22-,23-/m0/s1. The monoisotopic (exact) mass is 417 g/mol. The Morgan fingerprint density at radius 2 is 1.70 bits per heavy atom. The predicted molar refractivity (Wildman–Crippen MR) is 111 cm³/mol. The van der Waals surface area contributed by atoms with Gasteiger partial charge in [-0.25, -0.2) is 0 Å². The number of nitrogens with zero attached hydrogens (tertiary/aromatic N) is 3. The first-order valence-corrected chi connectivity index (χ1v) is 11.6. The van der Waals surface area contributed by atoms with Crippen LogP contribution in [-0.2, 0) is 19.1 Å². The smallest absolute Gasteiger partial charge is 0.302 e. The molecule has 4 saturated carbocycles. The molecule has 4 rings (SSSR count). The molecule has 0 aromatic carbocycles. The zero-order valence-corrected chi connectivity index (χ0v) is 18.7. The minimum atomic E-state index is -0.257. The molecule has 4 aliphatic rings. The maximum Gasteiger partial charge on any atom is 0.302 e. The Morgan fingerprint density at radius 3 is 2.37 bits per heavy atom. The van der Waals surface area contributed by atoms with Crippen molar-refractivity contribution in [2.24, 2.45) is 39.6 Å². The Labute approximate surface area is 178 Å². The number of azide groups is 1. The van der Waals surface area contributed by atoms with Crippen molar-refractivity contribution in [1.82, 2.24) is 0 Å². The van der Waals surface area contributed by atoms with E-state index in [1.807, 2.05) is 0 Å². The summed E-state index contributed by atoms with van der Waals surface area (Å²) in [5.74, 6) is 1.60. The number of hydrogen-bond acceptors (Lipinski definition) is 5. The van der Waals surface area contributed by atoms with Gasteiger partial charge in [-0.3, -0.25) is 9.59 Å². The fourth-order valence-electron chi connectivity index (χ4n) is 8.19. The third-order valence-electron chi connectivity index (χ3n) is 9.46. The van der Waals surface area contributed by atoms with Gasteiger partial charge in [-0.1, -0.05) is 19.0 Å². The summed E-state index contributed by atoms with van der Waals surface area (Å²) < 4.78 is 11.3. The van der Waals surface area contributed by atoms with Gasteiger partial charge < -0.3 is 9.47 Å². The molecule has 0 spiro atoms. The van der Waals surface area contributed by atoms with Crippen LogP contribution in [0.3, 0.4) is 0 Å². The van der Waals surface area contributed by atoms with Crippen LogP contribution < -0.4 is 0 Å². The van der Waals surface area contributed by atoms with E-state index in [-0.39, 0.29) is 41.0 Å². The molecule has 0 unspecified atom stereocenters. The van der Waals surface area contributed by atoms with Crippen molar-refractivity contribution in [3.05, 3.63) is 10.4 Å². The summed E-state index contributed by atoms with van der Waals surface area (Å²) >= 11 is 0. The molecule has 0 heterocycles. The van der Waals surface area contributed by atoms with E-state index in [9.17, 15) is 15.1 Å². The zero-order chi connectivity index (χ0) is 21.7. The molecule has 0 N–H and O–H groups in total. The maximum absolute atomic E-state index is 11.7. The van der Waals surface area contributed by atoms with Gasteiger partial charge >= 0.3 is 11.9 Å². The minimum absolute atomic E-state index is 0.0270. The van der Waals surface area contributed by atoms with Gasteiger partial charge in [0.05, 0.1) is 0 Å². The van der Waals surface area contributed by atoms with E-state index in [1.54, 1.807) is 0 Å². The van der Waals surface area contributed by atoms with Crippen LogP contribution in [0.15, 0.2) is 5.11 Å². The van der Waals surface area contributed by atoms with E-state index in [4.69, 9.17) is 9.47 Å². The lowest BCUT2D eigenvalue weighted by molar-refractivity contribution is -0.170. The van der Waals surface area contributed by atoms with Crippen molar-refractivity contribution in [2.45, 2.75) is 97.3 Å². The van der Waals surface area contributed by atoms with Crippen LogP contribution in [0, 0.1) is 34.5 Å². The number of ether oxygens (including phenoxy) is 2. The van der Waals surface area contributed by atoms with Gasteiger partial charge in [-0.15, -0.1) is 0 Å². The van der Waals surface area contributed by atoms with Gasteiger partial charge in [0.1, 0.15) is 12.2 Å². The number of hydrogen-bond donors (Lipinski definition) is 0. The molecule has 9 atom stereocenters. The van der Waals surface area contributed by atoms with E-state index >= 15 is 0 Å². The van der Waals surface area contributed by atoms with Crippen LogP contribution >= 0.6 is 0 Å². The first-order valence-electron chi connectivity index (χ1n) is 11.6. The van der Waals surface area contributed by atoms with E-state index in [1.165, 1.54) is 13.8 Å². The highest BCUT2D eigenvalue weighted by atomic mass is 16.5. The van der Waals surface area contributed by atoms with Crippen LogP contribution in [-0.4, -0.2) is 30.2 Å². The maximum atomic E-state index is 11.7. The predicted octanol–water partition coefficient (Wildman–Crippen LogP) is 5.18. The lowest BCUT2D eigenvalue weighted by atomic mass is 9.44. The van der Waals surface area contributed by atoms with Gasteiger partial charge in [-0.05, 0) is 86.0 Å². The van der Waals surface area contributed by atoms with E-state index in [0.717, 1.165) is 44.9 Å². The average Bonchev–Trinajstić information content (AvgIpc) is 2.98. The minimum Gasteiger partial charge on any atom is -0.463 e. The van der Waals surface area contributed by atoms with E-state index < -0.39 is 0 Å². The molecule has 0 aromatic rings. The topological polar surface area (TPSA) is 101 Å². The number of fused-ring (bicyclic) bond motifs is 5. The molecular formula is C23H35N3O4. The average molecular weight is 418 g/mol. The van der Waals surface area contributed by atoms with Crippen LogP contribution in [0.5, 0.6) is 0 Å². The van der Waals surface area contributed by atoms with E-state index in [2.05, 4.69) is 23.9 Å². The second kappa shape index (κ2) is 7.74. The summed E-state index contributed by atoms with van der Waals surface area (Å²) in [6.07, 6.45) is 7.81. The van der Waals surface area contributed by atoms with Crippen LogP contribution in [0.2, 0.25) is 0 Å². The van der Waals surface area contributed by atoms with E-state index in [0.29, 0.717) is 30.1 Å². The normalized spacial score (nSPS) is 47.1. The molecule has 7 heteroatoms. The van der Waals surface area contributed by atoms with Crippen LogP contribution in [0.1, 0.15) is 79.1 Å². The highest BCUT2D eigenvalue weighted by Gasteiger charge is 2.63. The molecule has 7 nitrogen and oxygen atoms in total. The number of esters is 2. The number of carbonyl (C=O) groups excluding carboxylic acids is 2. The summed E-state index contributed by atoms with van der Waals surface area (Å²) in [4.78, 5) is 26.4. The highest BCUT2D eigenvalue weighted by Crippen LogP contribution is 2.67. The van der Waals surface area contributed by atoms with Crippen LogP contribution in [0.25, 0.3) is 10.4 Å². The van der Waals surface area contributed by atoms with Gasteiger partial charge in [0, 0.05) is 30.2 Å². The molecule has 30 heavy (non-hydrogen) atoms. The summed E-state index contributed by atoms with van der Waals surface area (Å²) in [5.41, 5.74) is 9.29. The van der Waals surface area contributed by atoms with Crippen molar-refractivity contribution in [2.75, 3.05) is 0 Å². The lowest BCUT2D eigenvalue weighted by Crippen LogP contribution is -2.59. The fraction of sp³-hybridized carbons (Fsp3) is 0.913. The molecule has 0 bridgehead atoms. The Hall–Kier alpha value is -1.75. The second-order valence-corrected chi connectivity index (χ2v) is 10.7. The van der Waals surface area contributed by atoms with Gasteiger partial charge in [0.25, 0.3) is 0 Å². The molecule has 0 aromatic heterocycles. The SMILES string of the molecule is CC(=O)O[C@H]1C[C@@H]2CC[C@H]3[C@@H]4CC[C@H](OC(C)=O)[C@@]4(C)CC[C@@H]3[C@@]2(C)[C@@H](N=[N+]=[N-])C1. The molecule has 166 valence electrons. The molecule has 4 aliphatic carbocycles. The molecular weight excluding hydrogens is 382 g/mol. The van der Waals surface area contributed by atoms with Crippen molar-refractivity contribution >= 4 is 11.9 Å². The van der Waals surface area contributed by atoms with Gasteiger partial charge in [0.2, 0.25) is 0 Å². The summed E-state index contributed by atoms with van der Waals surface area (Å²) in [5, 5.41) is 4.27. The van der Waals surface area contributed by atoms with Crippen molar-refractivity contribution < 1.29 is 19.1 Å². The quantitative estimate of drug-likeness (QED) is 0.273. The Bertz CT molecular complexity index is 766. The van der Waals surface area contributed by atoms with Gasteiger partial charge in [0.15, 0.2) is 0 Å². The largest absolute Gasteiger partial charge is 0.463 e. The molecule has 4 fully saturated rings. The van der Waals surface area contributed by atoms with Crippen LogP contribution in [0.4, 0.5) is 0 Å². The molecule has 0 aliphatic heterocycles. The molecule has 0 amide bonds. The summed E-state index contributed by atoms with van der Waals surface area (Å²) in [6.45, 7) is 7.62. The summed E-state index contributed by atoms with van der Waals surface area (Å²) in [7, 11) is 0. The van der Waals surface area contributed by atoms with Crippen molar-refractivity contribution in [3.8, 4) is 0 Å². The third-order valence-corrected chi connectivity index (χ3v) is 9.46. The van der Waals surface area contributed by atoms with Crippen molar-refractivity contribution in [1.29, 1.82) is 0 Å². The zero-order valence-electron chi connectivity index (χ0n) is 18.7. The first kappa shape index (κ1) is 21.5. The van der Waals surface area contributed by atoms with Crippen molar-refractivity contribution in [3.63, 3.8) is 0 Å². The Balaban J connectivity index is 1.61. The number of carbonyl (C=O) groups is 2. The number of rotatable bonds is 3. The Morgan fingerprint density at radius 1 is 0.967 bits per heavy atom. The summed E-state index contributed by atoms with van der Waals surface area (Å²) in [6, 6.07) is -0.145. The fourth-order valence-corrected chi connectivity index (χ4v) is 8.19. The lowest BCUT2D eigenvalue weighted by Gasteiger charge is -2.62. The highest BCUT2D eigenvalue weighted by molar-refractivity contribution is 5.66.